The standard InChI is InChI=1S/C9H17F3O2/c1-3-7(2)8(13)6-14-5-4-9(10,11)12/h7-8,13H,3-6H2,1-2H3. The first kappa shape index (κ1) is 13.7. The summed E-state index contributed by atoms with van der Waals surface area (Å²) >= 11 is 0. The summed E-state index contributed by atoms with van der Waals surface area (Å²) in [5, 5.41) is 9.34. The van der Waals surface area contributed by atoms with Gasteiger partial charge in [-0.2, -0.15) is 13.2 Å². The van der Waals surface area contributed by atoms with Crippen molar-refractivity contribution in [1.82, 2.24) is 0 Å². The van der Waals surface area contributed by atoms with Crippen LogP contribution < -0.4 is 0 Å². The number of alkyl halides is 3. The van der Waals surface area contributed by atoms with Crippen molar-refractivity contribution in [3.63, 3.8) is 0 Å². The van der Waals surface area contributed by atoms with Crippen LogP contribution in [0.5, 0.6) is 0 Å². The van der Waals surface area contributed by atoms with Gasteiger partial charge < -0.3 is 9.84 Å². The van der Waals surface area contributed by atoms with Crippen molar-refractivity contribution in [3.05, 3.63) is 0 Å². The molecule has 0 aliphatic heterocycles. The third-order valence-corrected chi connectivity index (χ3v) is 2.12. The molecule has 0 aromatic carbocycles. The van der Waals surface area contributed by atoms with Crippen LogP contribution in [0.15, 0.2) is 0 Å². The van der Waals surface area contributed by atoms with Crippen LogP contribution in [0.4, 0.5) is 13.2 Å². The van der Waals surface area contributed by atoms with Gasteiger partial charge in [-0.3, -0.25) is 0 Å². The Labute approximate surface area is 82.1 Å². The van der Waals surface area contributed by atoms with E-state index in [9.17, 15) is 18.3 Å². The van der Waals surface area contributed by atoms with Crippen LogP contribution in [0.2, 0.25) is 0 Å². The predicted octanol–water partition coefficient (Wildman–Crippen LogP) is 2.36. The van der Waals surface area contributed by atoms with Crippen LogP contribution in [-0.4, -0.2) is 30.6 Å². The molecule has 0 aromatic rings. The van der Waals surface area contributed by atoms with Gasteiger partial charge in [0.2, 0.25) is 0 Å². The largest absolute Gasteiger partial charge is 0.391 e. The summed E-state index contributed by atoms with van der Waals surface area (Å²) in [7, 11) is 0. The topological polar surface area (TPSA) is 29.5 Å². The summed E-state index contributed by atoms with van der Waals surface area (Å²) in [6.07, 6.45) is -5.03. The highest BCUT2D eigenvalue weighted by Crippen LogP contribution is 2.19. The average molecular weight is 214 g/mol. The minimum atomic E-state index is -4.18. The lowest BCUT2D eigenvalue weighted by atomic mass is 10.0. The fraction of sp³-hybridized carbons (Fsp3) is 1.00. The monoisotopic (exact) mass is 214 g/mol. The molecule has 0 aliphatic rings. The van der Waals surface area contributed by atoms with Gasteiger partial charge in [0.1, 0.15) is 0 Å². The Hall–Kier alpha value is -0.290. The Morgan fingerprint density at radius 3 is 2.36 bits per heavy atom. The number of hydrogen-bond donors (Lipinski definition) is 1. The van der Waals surface area contributed by atoms with E-state index in [-0.39, 0.29) is 19.1 Å². The molecule has 5 heteroatoms. The van der Waals surface area contributed by atoms with Crippen molar-refractivity contribution in [2.45, 2.75) is 39.0 Å². The second-order valence-electron chi connectivity index (χ2n) is 3.39. The molecule has 0 saturated carbocycles. The lowest BCUT2D eigenvalue weighted by molar-refractivity contribution is -0.147. The van der Waals surface area contributed by atoms with Gasteiger partial charge in [0.05, 0.1) is 25.7 Å². The van der Waals surface area contributed by atoms with E-state index in [4.69, 9.17) is 4.74 Å². The van der Waals surface area contributed by atoms with Crippen molar-refractivity contribution < 1.29 is 23.0 Å². The number of aliphatic hydroxyl groups excluding tert-OH is 1. The van der Waals surface area contributed by atoms with Crippen molar-refractivity contribution in [1.29, 1.82) is 0 Å². The molecular formula is C9H17F3O2. The zero-order valence-electron chi connectivity index (χ0n) is 8.47. The molecule has 0 heterocycles. The average Bonchev–Trinajstić information content (AvgIpc) is 2.09. The van der Waals surface area contributed by atoms with Crippen LogP contribution in [0.3, 0.4) is 0 Å². The Morgan fingerprint density at radius 2 is 1.93 bits per heavy atom. The van der Waals surface area contributed by atoms with Gasteiger partial charge >= 0.3 is 6.18 Å². The molecule has 0 spiro atoms. The van der Waals surface area contributed by atoms with Gasteiger partial charge in [-0.25, -0.2) is 0 Å². The highest BCUT2D eigenvalue weighted by Gasteiger charge is 2.26. The minimum absolute atomic E-state index is 0.0227. The van der Waals surface area contributed by atoms with E-state index in [1.165, 1.54) is 0 Å². The molecule has 2 atom stereocenters. The van der Waals surface area contributed by atoms with Gasteiger partial charge in [0.15, 0.2) is 0 Å². The van der Waals surface area contributed by atoms with Crippen molar-refractivity contribution in [3.8, 4) is 0 Å². The molecule has 0 amide bonds. The first-order valence-electron chi connectivity index (χ1n) is 4.69. The minimum Gasteiger partial charge on any atom is -0.390 e. The molecule has 86 valence electrons. The Bertz CT molecular complexity index is 147. The highest BCUT2D eigenvalue weighted by molar-refractivity contribution is 4.61. The molecule has 0 radical (unpaired) electrons. The normalized spacial score (nSPS) is 16.7. The van der Waals surface area contributed by atoms with Crippen LogP contribution >= 0.6 is 0 Å². The van der Waals surface area contributed by atoms with Crippen LogP contribution in [0.25, 0.3) is 0 Å². The van der Waals surface area contributed by atoms with Gasteiger partial charge in [0, 0.05) is 0 Å². The fourth-order valence-electron chi connectivity index (χ4n) is 0.828. The predicted molar refractivity (Wildman–Crippen MR) is 47.0 cm³/mol. The van der Waals surface area contributed by atoms with Crippen molar-refractivity contribution >= 4 is 0 Å². The van der Waals surface area contributed by atoms with Crippen LogP contribution in [0.1, 0.15) is 26.7 Å². The first-order valence-corrected chi connectivity index (χ1v) is 4.69. The molecule has 2 nitrogen and oxygen atoms in total. The summed E-state index contributed by atoms with van der Waals surface area (Å²) in [5.74, 6) is 0.0564. The summed E-state index contributed by atoms with van der Waals surface area (Å²) in [6.45, 7) is 3.34. The third-order valence-electron chi connectivity index (χ3n) is 2.12. The summed E-state index contributed by atoms with van der Waals surface area (Å²) in [4.78, 5) is 0. The maximum absolute atomic E-state index is 11.7. The van der Waals surface area contributed by atoms with E-state index in [0.29, 0.717) is 0 Å². The molecule has 1 N–H and O–H groups in total. The molecule has 2 unspecified atom stereocenters. The number of hydrogen-bond acceptors (Lipinski definition) is 2. The number of rotatable bonds is 6. The van der Waals surface area contributed by atoms with Crippen molar-refractivity contribution in [2.75, 3.05) is 13.2 Å². The SMILES string of the molecule is CCC(C)C(O)COCCC(F)(F)F. The van der Waals surface area contributed by atoms with Gasteiger partial charge in [-0.1, -0.05) is 20.3 Å². The lowest BCUT2D eigenvalue weighted by Crippen LogP contribution is -2.24. The molecule has 0 aliphatic carbocycles. The van der Waals surface area contributed by atoms with E-state index >= 15 is 0 Å². The number of aliphatic hydroxyl groups is 1. The van der Waals surface area contributed by atoms with Gasteiger partial charge in [0.25, 0.3) is 0 Å². The number of ether oxygens (including phenoxy) is 1. The smallest absolute Gasteiger partial charge is 0.390 e. The van der Waals surface area contributed by atoms with Crippen LogP contribution in [-0.2, 0) is 4.74 Å². The Balaban J connectivity index is 3.45. The quantitative estimate of drug-likeness (QED) is 0.688. The fourth-order valence-corrected chi connectivity index (χ4v) is 0.828. The van der Waals surface area contributed by atoms with Gasteiger partial charge in [-0.05, 0) is 5.92 Å². The highest BCUT2D eigenvalue weighted by atomic mass is 19.4. The second kappa shape index (κ2) is 6.24. The van der Waals surface area contributed by atoms with E-state index < -0.39 is 18.7 Å². The Kier molecular flexibility index (Phi) is 6.11. The van der Waals surface area contributed by atoms with Crippen molar-refractivity contribution in [2.24, 2.45) is 5.92 Å². The summed E-state index contributed by atoms with van der Waals surface area (Å²) in [6, 6.07) is 0. The van der Waals surface area contributed by atoms with E-state index in [0.717, 1.165) is 6.42 Å². The Morgan fingerprint density at radius 1 is 1.36 bits per heavy atom. The van der Waals surface area contributed by atoms with E-state index in [1.807, 2.05) is 13.8 Å². The lowest BCUT2D eigenvalue weighted by Gasteiger charge is -2.17. The maximum atomic E-state index is 11.7. The first-order chi connectivity index (χ1) is 6.37. The molecule has 14 heavy (non-hydrogen) atoms. The number of halogens is 3. The van der Waals surface area contributed by atoms with E-state index in [2.05, 4.69) is 0 Å². The molecular weight excluding hydrogens is 197 g/mol. The third kappa shape index (κ3) is 7.15. The zero-order chi connectivity index (χ0) is 11.2. The van der Waals surface area contributed by atoms with Gasteiger partial charge in [-0.15, -0.1) is 0 Å². The second-order valence-corrected chi connectivity index (χ2v) is 3.39. The molecule has 0 bridgehead atoms. The molecule has 0 saturated heterocycles. The summed E-state index contributed by atoms with van der Waals surface area (Å²) in [5.41, 5.74) is 0. The molecule has 0 rings (SSSR count). The van der Waals surface area contributed by atoms with Crippen LogP contribution in [0, 0.1) is 5.92 Å². The maximum Gasteiger partial charge on any atom is 0.391 e. The van der Waals surface area contributed by atoms with E-state index in [1.54, 1.807) is 0 Å². The molecule has 0 aromatic heterocycles. The summed E-state index contributed by atoms with van der Waals surface area (Å²) < 4.78 is 39.7. The zero-order valence-corrected chi connectivity index (χ0v) is 8.47. The molecule has 0 fully saturated rings.